The second kappa shape index (κ2) is 5.99. The van der Waals surface area contributed by atoms with E-state index in [1.54, 1.807) is 23.1 Å². The molecular formula is C14H12ClN3S2. The van der Waals surface area contributed by atoms with Gasteiger partial charge in [-0.15, -0.1) is 23.1 Å². The molecular weight excluding hydrogens is 310 g/mol. The van der Waals surface area contributed by atoms with E-state index in [1.807, 2.05) is 36.7 Å². The molecule has 1 aromatic carbocycles. The van der Waals surface area contributed by atoms with Crippen LogP contribution in [0.2, 0.25) is 5.02 Å². The number of halogens is 1. The summed E-state index contributed by atoms with van der Waals surface area (Å²) in [6.07, 6.45) is 0. The number of thiophene rings is 1. The molecule has 0 aliphatic rings. The van der Waals surface area contributed by atoms with E-state index in [0.29, 0.717) is 5.95 Å². The summed E-state index contributed by atoms with van der Waals surface area (Å²) in [6.45, 7) is 0. The van der Waals surface area contributed by atoms with Gasteiger partial charge in [-0.3, -0.25) is 0 Å². The third kappa shape index (κ3) is 2.90. The smallest absolute Gasteiger partial charge is 0.224 e. The highest BCUT2D eigenvalue weighted by Gasteiger charge is 2.09. The van der Waals surface area contributed by atoms with Crippen molar-refractivity contribution in [1.29, 1.82) is 0 Å². The van der Waals surface area contributed by atoms with E-state index in [9.17, 15) is 0 Å². The van der Waals surface area contributed by atoms with Crippen LogP contribution in [-0.4, -0.2) is 17.0 Å². The van der Waals surface area contributed by atoms with E-state index in [-0.39, 0.29) is 0 Å². The van der Waals surface area contributed by atoms with Crippen molar-refractivity contribution in [2.75, 3.05) is 12.4 Å². The van der Waals surface area contributed by atoms with Crippen molar-refractivity contribution in [2.24, 2.45) is 0 Å². The molecule has 0 radical (unpaired) electrons. The van der Waals surface area contributed by atoms with Gasteiger partial charge >= 0.3 is 0 Å². The highest BCUT2D eigenvalue weighted by atomic mass is 35.5. The molecule has 102 valence electrons. The van der Waals surface area contributed by atoms with Crippen molar-refractivity contribution >= 4 is 50.9 Å². The van der Waals surface area contributed by atoms with Gasteiger partial charge in [-0.05, 0) is 29.1 Å². The molecule has 0 unspecified atom stereocenters. The standard InChI is InChI=1S/C14H12ClN3S2/c1-16-14-17-12-11(6-7-19-12)13(18-14)20-8-9-2-4-10(15)5-3-9/h2-7H,8H2,1H3,(H,16,17,18). The van der Waals surface area contributed by atoms with Crippen LogP contribution >= 0.6 is 34.7 Å². The van der Waals surface area contributed by atoms with Crippen molar-refractivity contribution in [1.82, 2.24) is 9.97 Å². The molecule has 0 aliphatic carbocycles. The zero-order valence-electron chi connectivity index (χ0n) is 10.8. The third-order valence-electron chi connectivity index (χ3n) is 2.80. The molecule has 0 spiro atoms. The highest BCUT2D eigenvalue weighted by molar-refractivity contribution is 7.98. The van der Waals surface area contributed by atoms with Crippen molar-refractivity contribution in [3.05, 3.63) is 46.3 Å². The molecule has 0 saturated carbocycles. The van der Waals surface area contributed by atoms with Crippen LogP contribution in [0.5, 0.6) is 0 Å². The first-order chi connectivity index (χ1) is 9.76. The summed E-state index contributed by atoms with van der Waals surface area (Å²) >= 11 is 9.25. The fourth-order valence-corrected chi connectivity index (χ4v) is 3.70. The van der Waals surface area contributed by atoms with Gasteiger partial charge in [-0.25, -0.2) is 9.97 Å². The average molecular weight is 322 g/mol. The Hall–Kier alpha value is -1.30. The molecule has 0 aliphatic heterocycles. The predicted octanol–water partition coefficient (Wildman–Crippen LogP) is 4.68. The summed E-state index contributed by atoms with van der Waals surface area (Å²) in [5.41, 5.74) is 1.23. The molecule has 6 heteroatoms. The summed E-state index contributed by atoms with van der Waals surface area (Å²) in [4.78, 5) is 10.0. The van der Waals surface area contributed by atoms with Crippen LogP contribution in [0.1, 0.15) is 5.56 Å². The second-order valence-electron chi connectivity index (χ2n) is 4.16. The van der Waals surface area contributed by atoms with E-state index in [0.717, 1.165) is 26.0 Å². The van der Waals surface area contributed by atoms with E-state index < -0.39 is 0 Å². The lowest BCUT2D eigenvalue weighted by Crippen LogP contribution is -1.97. The summed E-state index contributed by atoms with van der Waals surface area (Å²) in [5.74, 6) is 1.53. The summed E-state index contributed by atoms with van der Waals surface area (Å²) in [7, 11) is 1.84. The Balaban J connectivity index is 1.86. The molecule has 1 N–H and O–H groups in total. The number of hydrogen-bond donors (Lipinski definition) is 1. The van der Waals surface area contributed by atoms with Crippen molar-refractivity contribution < 1.29 is 0 Å². The molecule has 0 bridgehead atoms. The summed E-state index contributed by atoms with van der Waals surface area (Å²) in [6, 6.07) is 9.98. The number of fused-ring (bicyclic) bond motifs is 1. The first kappa shape index (κ1) is 13.7. The number of benzene rings is 1. The van der Waals surface area contributed by atoms with Crippen molar-refractivity contribution in [3.8, 4) is 0 Å². The predicted molar refractivity (Wildman–Crippen MR) is 88.0 cm³/mol. The van der Waals surface area contributed by atoms with Crippen LogP contribution in [0, 0.1) is 0 Å². The van der Waals surface area contributed by atoms with Crippen LogP contribution in [0.25, 0.3) is 10.2 Å². The van der Waals surface area contributed by atoms with E-state index in [2.05, 4.69) is 21.4 Å². The average Bonchev–Trinajstić information content (AvgIpc) is 2.94. The monoisotopic (exact) mass is 321 g/mol. The number of nitrogens with zero attached hydrogens (tertiary/aromatic N) is 2. The molecule has 2 aromatic heterocycles. The first-order valence-corrected chi connectivity index (χ1v) is 8.31. The van der Waals surface area contributed by atoms with Crippen LogP contribution in [0.4, 0.5) is 5.95 Å². The number of rotatable bonds is 4. The van der Waals surface area contributed by atoms with Crippen molar-refractivity contribution in [3.63, 3.8) is 0 Å². The van der Waals surface area contributed by atoms with E-state index in [1.165, 1.54) is 5.56 Å². The number of hydrogen-bond acceptors (Lipinski definition) is 5. The Morgan fingerprint density at radius 2 is 2.00 bits per heavy atom. The number of anilines is 1. The third-order valence-corrected chi connectivity index (χ3v) is 4.92. The summed E-state index contributed by atoms with van der Waals surface area (Å²) in [5, 5.41) is 7.95. The second-order valence-corrected chi connectivity index (χ2v) is 6.45. The molecule has 3 nitrogen and oxygen atoms in total. The Morgan fingerprint density at radius 1 is 1.20 bits per heavy atom. The van der Waals surface area contributed by atoms with Gasteiger partial charge in [0.15, 0.2) is 0 Å². The topological polar surface area (TPSA) is 37.8 Å². The van der Waals surface area contributed by atoms with Crippen LogP contribution in [0.3, 0.4) is 0 Å². The SMILES string of the molecule is CNc1nc(SCc2ccc(Cl)cc2)c2ccsc2n1. The Bertz CT molecular complexity index is 725. The van der Waals surface area contributed by atoms with Gasteiger partial charge < -0.3 is 5.32 Å². The first-order valence-electron chi connectivity index (χ1n) is 6.06. The normalized spacial score (nSPS) is 10.9. The maximum atomic E-state index is 5.90. The van der Waals surface area contributed by atoms with Gasteiger partial charge in [0.2, 0.25) is 5.95 Å². The Labute approximate surface area is 130 Å². The Kier molecular flexibility index (Phi) is 4.10. The number of aromatic nitrogens is 2. The van der Waals surface area contributed by atoms with Gasteiger partial charge in [-0.2, -0.15) is 0 Å². The maximum absolute atomic E-state index is 5.90. The molecule has 20 heavy (non-hydrogen) atoms. The quantitative estimate of drug-likeness (QED) is 0.559. The molecule has 2 heterocycles. The molecule has 0 fully saturated rings. The fourth-order valence-electron chi connectivity index (χ4n) is 1.78. The number of thioether (sulfide) groups is 1. The lowest BCUT2D eigenvalue weighted by molar-refractivity contribution is 1.10. The molecule has 0 saturated heterocycles. The van der Waals surface area contributed by atoms with Crippen LogP contribution in [0.15, 0.2) is 40.7 Å². The van der Waals surface area contributed by atoms with E-state index in [4.69, 9.17) is 11.6 Å². The largest absolute Gasteiger partial charge is 0.357 e. The van der Waals surface area contributed by atoms with Gasteiger partial charge in [0.1, 0.15) is 9.86 Å². The Morgan fingerprint density at radius 3 is 2.75 bits per heavy atom. The zero-order valence-corrected chi connectivity index (χ0v) is 13.1. The highest BCUT2D eigenvalue weighted by Crippen LogP contribution is 2.31. The fraction of sp³-hybridized carbons (Fsp3) is 0.143. The lowest BCUT2D eigenvalue weighted by Gasteiger charge is -2.05. The maximum Gasteiger partial charge on any atom is 0.224 e. The minimum atomic E-state index is 0.665. The van der Waals surface area contributed by atoms with Gasteiger partial charge in [0.25, 0.3) is 0 Å². The molecule has 0 atom stereocenters. The van der Waals surface area contributed by atoms with Crippen LogP contribution < -0.4 is 5.32 Å². The molecule has 3 rings (SSSR count). The zero-order chi connectivity index (χ0) is 13.9. The van der Waals surface area contributed by atoms with Gasteiger partial charge in [-0.1, -0.05) is 23.7 Å². The van der Waals surface area contributed by atoms with E-state index >= 15 is 0 Å². The summed E-state index contributed by atoms with van der Waals surface area (Å²) < 4.78 is 0. The molecule has 0 amide bonds. The number of nitrogens with one attached hydrogen (secondary N) is 1. The van der Waals surface area contributed by atoms with Crippen molar-refractivity contribution in [2.45, 2.75) is 10.8 Å². The van der Waals surface area contributed by atoms with Crippen LogP contribution in [-0.2, 0) is 5.75 Å². The minimum absolute atomic E-state index is 0.665. The molecule has 3 aromatic rings. The van der Waals surface area contributed by atoms with Gasteiger partial charge in [0, 0.05) is 23.2 Å². The minimum Gasteiger partial charge on any atom is -0.357 e. The lowest BCUT2D eigenvalue weighted by atomic mass is 10.2. The van der Waals surface area contributed by atoms with Gasteiger partial charge in [0.05, 0.1) is 0 Å².